The average Bonchev–Trinajstić information content (AvgIpc) is 3.02. The van der Waals surface area contributed by atoms with Crippen LogP contribution in [0.3, 0.4) is 0 Å². The Kier molecular flexibility index (Phi) is 6.44. The van der Waals surface area contributed by atoms with E-state index in [1.807, 2.05) is 31.2 Å². The molecule has 0 aromatic heterocycles. The van der Waals surface area contributed by atoms with Gasteiger partial charge in [-0.05, 0) is 37.1 Å². The molecule has 1 aliphatic rings. The van der Waals surface area contributed by atoms with E-state index in [0.717, 1.165) is 5.56 Å². The number of carboxylic acid groups (broad SMARTS) is 1. The number of rotatable bonds is 8. The second kappa shape index (κ2) is 8.99. The van der Waals surface area contributed by atoms with Crippen molar-refractivity contribution in [2.24, 2.45) is 0 Å². The second-order valence-corrected chi connectivity index (χ2v) is 7.00. The number of benzene rings is 2. The highest BCUT2D eigenvalue weighted by molar-refractivity contribution is 6.05. The van der Waals surface area contributed by atoms with Crippen LogP contribution < -0.4 is 4.74 Å². The number of ether oxygens (including phenoxy) is 2. The van der Waals surface area contributed by atoms with Gasteiger partial charge in [-0.25, -0.2) is 4.79 Å². The predicted molar refractivity (Wildman–Crippen MR) is 103 cm³/mol. The minimum atomic E-state index is -1.10. The van der Waals surface area contributed by atoms with Gasteiger partial charge in [0.15, 0.2) is 5.78 Å². The van der Waals surface area contributed by atoms with Crippen molar-refractivity contribution in [3.8, 4) is 5.75 Å². The fourth-order valence-corrected chi connectivity index (χ4v) is 3.30. The summed E-state index contributed by atoms with van der Waals surface area (Å²) in [4.78, 5) is 23.7. The third-order valence-electron chi connectivity index (χ3n) is 4.89. The van der Waals surface area contributed by atoms with Gasteiger partial charge in [0.2, 0.25) is 0 Å². The summed E-state index contributed by atoms with van der Waals surface area (Å²) in [6.07, 6.45) is 0.475. The van der Waals surface area contributed by atoms with E-state index in [9.17, 15) is 19.8 Å². The van der Waals surface area contributed by atoms with Crippen LogP contribution in [0.2, 0.25) is 0 Å². The van der Waals surface area contributed by atoms with Gasteiger partial charge in [-0.3, -0.25) is 4.79 Å². The highest BCUT2D eigenvalue weighted by Crippen LogP contribution is 2.22. The molecule has 2 N–H and O–H groups in total. The Bertz CT molecular complexity index is 836. The molecule has 2 aromatic carbocycles. The molecule has 3 rings (SSSR count). The third kappa shape index (κ3) is 4.97. The first-order valence-electron chi connectivity index (χ1n) is 9.35. The summed E-state index contributed by atoms with van der Waals surface area (Å²) in [6, 6.07) is 13.7. The summed E-state index contributed by atoms with van der Waals surface area (Å²) in [5.41, 5.74) is 1.19. The normalized spacial score (nSPS) is 21.4. The largest absolute Gasteiger partial charge is 0.491 e. The number of aliphatic hydroxyl groups is 1. The van der Waals surface area contributed by atoms with E-state index in [1.165, 1.54) is 6.07 Å². The summed E-state index contributed by atoms with van der Waals surface area (Å²) >= 11 is 0. The van der Waals surface area contributed by atoms with Gasteiger partial charge in [-0.2, -0.15) is 0 Å². The molecule has 3 atom stereocenters. The number of Topliss-reactive ketones (excluding diaryl/α,β-unsaturated/α-hetero) is 1. The van der Waals surface area contributed by atoms with Gasteiger partial charge in [-0.1, -0.05) is 30.3 Å². The van der Waals surface area contributed by atoms with Crippen molar-refractivity contribution in [3.05, 3.63) is 65.2 Å². The number of ketones is 1. The molecule has 1 fully saturated rings. The summed E-state index contributed by atoms with van der Waals surface area (Å²) in [6.45, 7) is 2.20. The van der Waals surface area contributed by atoms with Crippen LogP contribution in [0.15, 0.2) is 48.5 Å². The molecule has 0 spiro atoms. The Morgan fingerprint density at radius 3 is 2.57 bits per heavy atom. The van der Waals surface area contributed by atoms with Gasteiger partial charge in [0, 0.05) is 18.4 Å². The first kappa shape index (κ1) is 20.0. The Balaban J connectivity index is 1.56. The van der Waals surface area contributed by atoms with E-state index in [0.29, 0.717) is 25.2 Å². The predicted octanol–water partition coefficient (Wildman–Crippen LogP) is 3.12. The van der Waals surface area contributed by atoms with E-state index in [4.69, 9.17) is 9.47 Å². The third-order valence-corrected chi connectivity index (χ3v) is 4.89. The Labute approximate surface area is 163 Å². The molecular formula is C22H24O6. The lowest BCUT2D eigenvalue weighted by Gasteiger charge is -2.13. The molecule has 1 saturated heterocycles. The summed E-state index contributed by atoms with van der Waals surface area (Å²) in [7, 11) is 0. The van der Waals surface area contributed by atoms with Crippen molar-refractivity contribution < 1.29 is 29.3 Å². The number of aromatic carboxylic acids is 1. The Morgan fingerprint density at radius 2 is 1.89 bits per heavy atom. The van der Waals surface area contributed by atoms with Crippen LogP contribution in [-0.4, -0.2) is 46.9 Å². The first-order valence-corrected chi connectivity index (χ1v) is 9.35. The average molecular weight is 384 g/mol. The van der Waals surface area contributed by atoms with E-state index < -0.39 is 12.1 Å². The molecule has 0 saturated carbocycles. The van der Waals surface area contributed by atoms with E-state index in [1.54, 1.807) is 18.2 Å². The van der Waals surface area contributed by atoms with Gasteiger partial charge >= 0.3 is 5.97 Å². The molecule has 6 nitrogen and oxygen atoms in total. The van der Waals surface area contributed by atoms with Crippen LogP contribution in [-0.2, 0) is 11.2 Å². The van der Waals surface area contributed by atoms with Crippen LogP contribution >= 0.6 is 0 Å². The molecule has 6 heteroatoms. The molecule has 0 bridgehead atoms. The van der Waals surface area contributed by atoms with Gasteiger partial charge in [0.05, 0.1) is 23.9 Å². The molecule has 0 unspecified atom stereocenters. The van der Waals surface area contributed by atoms with Gasteiger partial charge < -0.3 is 19.7 Å². The maximum Gasteiger partial charge on any atom is 0.336 e. The van der Waals surface area contributed by atoms with Crippen LogP contribution in [0.1, 0.15) is 46.0 Å². The lowest BCUT2D eigenvalue weighted by Crippen LogP contribution is -2.18. The van der Waals surface area contributed by atoms with Crippen LogP contribution in [0, 0.1) is 0 Å². The maximum atomic E-state index is 12.5. The van der Waals surface area contributed by atoms with E-state index >= 15 is 0 Å². The van der Waals surface area contributed by atoms with E-state index in [2.05, 4.69) is 0 Å². The zero-order valence-electron chi connectivity index (χ0n) is 15.7. The quantitative estimate of drug-likeness (QED) is 0.680. The zero-order chi connectivity index (χ0) is 20.1. The molecule has 1 heterocycles. The fraction of sp³-hybridized carbons (Fsp3) is 0.364. The molecule has 0 amide bonds. The smallest absolute Gasteiger partial charge is 0.336 e. The summed E-state index contributed by atoms with van der Waals surface area (Å²) in [5, 5.41) is 19.0. The molecular weight excluding hydrogens is 360 g/mol. The van der Waals surface area contributed by atoms with Gasteiger partial charge in [-0.15, -0.1) is 0 Å². The summed E-state index contributed by atoms with van der Waals surface area (Å²) < 4.78 is 11.4. The van der Waals surface area contributed by atoms with Crippen molar-refractivity contribution in [2.75, 3.05) is 6.61 Å². The van der Waals surface area contributed by atoms with Crippen molar-refractivity contribution in [3.63, 3.8) is 0 Å². The molecule has 0 radical (unpaired) electrons. The SMILES string of the molecule is C[C@@H]1O[C@H](COc2cccc(CCC(=O)c3ccccc3C(=O)O)c2)C[C@H]1O. The van der Waals surface area contributed by atoms with Crippen molar-refractivity contribution in [1.29, 1.82) is 0 Å². The molecule has 28 heavy (non-hydrogen) atoms. The number of hydrogen-bond acceptors (Lipinski definition) is 5. The maximum absolute atomic E-state index is 12.5. The minimum absolute atomic E-state index is 0.0255. The lowest BCUT2D eigenvalue weighted by molar-refractivity contribution is 0.00504. The second-order valence-electron chi connectivity index (χ2n) is 7.00. The number of aliphatic hydroxyl groups excluding tert-OH is 1. The molecule has 0 aliphatic carbocycles. The minimum Gasteiger partial charge on any atom is -0.491 e. The number of carbonyl (C=O) groups is 2. The Morgan fingerprint density at radius 1 is 1.14 bits per heavy atom. The Hall–Kier alpha value is -2.70. The monoisotopic (exact) mass is 384 g/mol. The number of carboxylic acids is 1. The van der Waals surface area contributed by atoms with Crippen LogP contribution in [0.25, 0.3) is 0 Å². The first-order chi connectivity index (χ1) is 13.4. The fourth-order valence-electron chi connectivity index (χ4n) is 3.30. The van der Waals surface area contributed by atoms with Crippen molar-refractivity contribution in [1.82, 2.24) is 0 Å². The van der Waals surface area contributed by atoms with Gasteiger partial charge in [0.1, 0.15) is 12.4 Å². The van der Waals surface area contributed by atoms with Crippen LogP contribution in [0.5, 0.6) is 5.75 Å². The highest BCUT2D eigenvalue weighted by Gasteiger charge is 2.30. The number of aryl methyl sites for hydroxylation is 1. The molecule has 2 aromatic rings. The van der Waals surface area contributed by atoms with Crippen molar-refractivity contribution >= 4 is 11.8 Å². The molecule has 148 valence electrons. The van der Waals surface area contributed by atoms with Crippen LogP contribution in [0.4, 0.5) is 0 Å². The lowest BCUT2D eigenvalue weighted by atomic mass is 9.98. The van der Waals surface area contributed by atoms with E-state index in [-0.39, 0.29) is 35.5 Å². The molecule has 1 aliphatic heterocycles. The zero-order valence-corrected chi connectivity index (χ0v) is 15.7. The highest BCUT2D eigenvalue weighted by atomic mass is 16.6. The topological polar surface area (TPSA) is 93.1 Å². The summed E-state index contributed by atoms with van der Waals surface area (Å²) in [5.74, 6) is -0.631. The van der Waals surface area contributed by atoms with Gasteiger partial charge in [0.25, 0.3) is 0 Å². The van der Waals surface area contributed by atoms with Crippen molar-refractivity contribution in [2.45, 2.75) is 44.5 Å². The standard InChI is InChI=1S/C22H24O6/c1-14-21(24)12-17(28-14)13-27-16-6-4-5-15(11-16)9-10-20(23)18-7-2-3-8-19(18)22(25)26/h2-8,11,14,17,21,24H,9-10,12-13H2,1H3,(H,25,26)/t14-,17-,21+/m0/s1. The number of carbonyl (C=O) groups excluding carboxylic acids is 1. The number of hydrogen-bond donors (Lipinski definition) is 2.